The molecule has 0 aromatic carbocycles. The molecule has 0 aromatic rings. The fourth-order valence-corrected chi connectivity index (χ4v) is 3.63. The summed E-state index contributed by atoms with van der Waals surface area (Å²) in [6.45, 7) is 15.0. The zero-order chi connectivity index (χ0) is 12.8. The molecular weight excluding hydrogens is 208 g/mol. The second kappa shape index (κ2) is 3.98. The summed E-state index contributed by atoms with van der Waals surface area (Å²) in [4.78, 5) is 0. The summed E-state index contributed by atoms with van der Waals surface area (Å²) in [5.74, 6) is 1.42. The van der Waals surface area contributed by atoms with E-state index in [-0.39, 0.29) is 0 Å². The van der Waals surface area contributed by atoms with Crippen molar-refractivity contribution < 1.29 is 5.11 Å². The molecule has 96 valence electrons. The summed E-state index contributed by atoms with van der Waals surface area (Å²) >= 11 is 0. The van der Waals surface area contributed by atoms with Crippen LogP contribution in [0.2, 0.25) is 0 Å². The van der Waals surface area contributed by atoms with Gasteiger partial charge < -0.3 is 5.11 Å². The number of rotatable bonds is 0. The minimum Gasteiger partial charge on any atom is -0.386 e. The molecule has 2 fully saturated rings. The van der Waals surface area contributed by atoms with Crippen molar-refractivity contribution in [1.82, 2.24) is 0 Å². The summed E-state index contributed by atoms with van der Waals surface area (Å²) in [5, 5.41) is 10.4. The van der Waals surface area contributed by atoms with Crippen LogP contribution >= 0.6 is 0 Å². The third-order valence-electron chi connectivity index (χ3n) is 5.21. The van der Waals surface area contributed by atoms with Gasteiger partial charge in [-0.15, -0.1) is 0 Å². The van der Waals surface area contributed by atoms with Gasteiger partial charge in [-0.05, 0) is 61.9 Å². The highest BCUT2D eigenvalue weighted by molar-refractivity contribution is 5.19. The van der Waals surface area contributed by atoms with Gasteiger partial charge in [0.15, 0.2) is 0 Å². The van der Waals surface area contributed by atoms with Crippen LogP contribution in [0.4, 0.5) is 0 Å². The number of hydrogen-bond acceptors (Lipinski definition) is 1. The quantitative estimate of drug-likeness (QED) is 0.626. The molecule has 0 spiro atoms. The van der Waals surface area contributed by atoms with E-state index < -0.39 is 5.60 Å². The Balaban J connectivity index is 2.17. The van der Waals surface area contributed by atoms with Crippen molar-refractivity contribution in [2.45, 2.75) is 58.5 Å². The van der Waals surface area contributed by atoms with E-state index in [4.69, 9.17) is 0 Å². The molecule has 2 aliphatic carbocycles. The summed E-state index contributed by atoms with van der Waals surface area (Å²) in [6.07, 6.45) is 5.12. The number of hydrogen-bond donors (Lipinski definition) is 1. The summed E-state index contributed by atoms with van der Waals surface area (Å²) in [5.41, 5.74) is 2.11. The molecule has 1 heteroatoms. The molecule has 0 radical (unpaired) electrons. The first-order valence-electron chi connectivity index (χ1n) is 6.82. The van der Waals surface area contributed by atoms with Crippen molar-refractivity contribution >= 4 is 0 Å². The minimum absolute atomic E-state index is 0.448. The Morgan fingerprint density at radius 2 is 1.82 bits per heavy atom. The van der Waals surface area contributed by atoms with Crippen LogP contribution < -0.4 is 0 Å². The molecule has 2 rings (SSSR count). The average molecular weight is 234 g/mol. The van der Waals surface area contributed by atoms with Crippen molar-refractivity contribution in [2.24, 2.45) is 17.3 Å². The Morgan fingerprint density at radius 1 is 1.18 bits per heavy atom. The van der Waals surface area contributed by atoms with Crippen LogP contribution in [0.5, 0.6) is 0 Å². The molecule has 2 aliphatic rings. The smallest absolute Gasteiger partial charge is 0.0829 e. The van der Waals surface area contributed by atoms with Gasteiger partial charge in [0, 0.05) is 0 Å². The van der Waals surface area contributed by atoms with Gasteiger partial charge in [0.2, 0.25) is 0 Å². The van der Waals surface area contributed by atoms with Crippen molar-refractivity contribution in [1.29, 1.82) is 0 Å². The lowest BCUT2D eigenvalue weighted by atomic mass is 9.52. The van der Waals surface area contributed by atoms with E-state index in [1.807, 2.05) is 6.92 Å². The van der Waals surface area contributed by atoms with Gasteiger partial charge in [0.05, 0.1) is 5.60 Å². The fourth-order valence-electron chi connectivity index (χ4n) is 3.63. The summed E-state index contributed by atoms with van der Waals surface area (Å²) < 4.78 is 0. The van der Waals surface area contributed by atoms with Gasteiger partial charge in [-0.1, -0.05) is 32.6 Å². The maximum Gasteiger partial charge on any atom is 0.0829 e. The van der Waals surface area contributed by atoms with E-state index in [1.165, 1.54) is 12.0 Å². The van der Waals surface area contributed by atoms with Crippen molar-refractivity contribution in [2.75, 3.05) is 0 Å². The van der Waals surface area contributed by atoms with Crippen LogP contribution in [0.1, 0.15) is 52.9 Å². The highest BCUT2D eigenvalue weighted by Crippen LogP contribution is 2.57. The molecule has 0 amide bonds. The molecule has 1 nitrogen and oxygen atoms in total. The third-order valence-corrected chi connectivity index (χ3v) is 5.21. The Hall–Kier alpha value is -0.560. The first kappa shape index (κ1) is 12.9. The van der Waals surface area contributed by atoms with E-state index in [0.717, 1.165) is 37.2 Å². The predicted molar refractivity (Wildman–Crippen MR) is 72.7 cm³/mol. The van der Waals surface area contributed by atoms with Gasteiger partial charge >= 0.3 is 0 Å². The molecule has 0 aromatic heterocycles. The van der Waals surface area contributed by atoms with Crippen molar-refractivity contribution in [3.63, 3.8) is 0 Å². The lowest BCUT2D eigenvalue weighted by Gasteiger charge is -2.53. The molecular formula is C16H26O. The van der Waals surface area contributed by atoms with E-state index in [1.54, 1.807) is 0 Å². The topological polar surface area (TPSA) is 20.2 Å². The second-order valence-corrected chi connectivity index (χ2v) is 6.98. The zero-order valence-electron chi connectivity index (χ0n) is 11.6. The normalized spacial score (nSPS) is 41.9. The molecule has 1 N–H and O–H groups in total. The maximum atomic E-state index is 10.4. The standard InChI is InChI=1S/C16H26O/c1-11-8-9-16(5,17)12(2)6-7-14-13(11)10-15(14,3)4/h13-14,17H,1-2,6-10H2,3-5H3. The average Bonchev–Trinajstić information content (AvgIpc) is 2.24. The molecule has 0 bridgehead atoms. The number of fused-ring (bicyclic) bond motifs is 1. The number of aliphatic hydroxyl groups is 1. The molecule has 17 heavy (non-hydrogen) atoms. The predicted octanol–water partition coefficient (Wildman–Crippen LogP) is 4.09. The highest BCUT2D eigenvalue weighted by atomic mass is 16.3. The van der Waals surface area contributed by atoms with Crippen LogP contribution in [0.15, 0.2) is 24.3 Å². The largest absolute Gasteiger partial charge is 0.386 e. The Morgan fingerprint density at radius 3 is 2.41 bits per heavy atom. The molecule has 3 atom stereocenters. The molecule has 3 unspecified atom stereocenters. The second-order valence-electron chi connectivity index (χ2n) is 6.98. The van der Waals surface area contributed by atoms with Crippen molar-refractivity contribution in [3.05, 3.63) is 24.3 Å². The van der Waals surface area contributed by atoms with Crippen LogP contribution in [-0.4, -0.2) is 10.7 Å². The number of allylic oxidation sites excluding steroid dienone is 1. The SMILES string of the molecule is C=C1CCC(C)(O)C(=C)CCC2C1CC2(C)C. The van der Waals surface area contributed by atoms with Crippen LogP contribution in [0, 0.1) is 17.3 Å². The van der Waals surface area contributed by atoms with Gasteiger partial charge in [-0.25, -0.2) is 0 Å². The molecule has 0 aliphatic heterocycles. The summed E-state index contributed by atoms with van der Waals surface area (Å²) in [6, 6.07) is 0. The monoisotopic (exact) mass is 234 g/mol. The molecule has 0 heterocycles. The third kappa shape index (κ3) is 2.22. The fraction of sp³-hybridized carbons (Fsp3) is 0.750. The van der Waals surface area contributed by atoms with Crippen LogP contribution in [0.3, 0.4) is 0 Å². The van der Waals surface area contributed by atoms with Crippen LogP contribution in [-0.2, 0) is 0 Å². The van der Waals surface area contributed by atoms with Gasteiger partial charge in [0.1, 0.15) is 0 Å². The maximum absolute atomic E-state index is 10.4. The lowest BCUT2D eigenvalue weighted by molar-refractivity contribution is 0.00404. The zero-order valence-corrected chi connectivity index (χ0v) is 11.6. The van der Waals surface area contributed by atoms with Crippen molar-refractivity contribution in [3.8, 4) is 0 Å². The van der Waals surface area contributed by atoms with E-state index in [0.29, 0.717) is 11.3 Å². The molecule has 0 saturated heterocycles. The Kier molecular flexibility index (Phi) is 3.02. The van der Waals surface area contributed by atoms with Gasteiger partial charge in [-0.3, -0.25) is 0 Å². The molecule has 2 saturated carbocycles. The Labute approximate surface area is 106 Å². The Bertz CT molecular complexity index is 349. The van der Waals surface area contributed by atoms with E-state index in [2.05, 4.69) is 27.0 Å². The summed E-state index contributed by atoms with van der Waals surface area (Å²) in [7, 11) is 0. The van der Waals surface area contributed by atoms with E-state index in [9.17, 15) is 5.11 Å². The van der Waals surface area contributed by atoms with Gasteiger partial charge in [0.25, 0.3) is 0 Å². The minimum atomic E-state index is -0.698. The van der Waals surface area contributed by atoms with Crippen LogP contribution in [0.25, 0.3) is 0 Å². The van der Waals surface area contributed by atoms with E-state index >= 15 is 0 Å². The first-order chi connectivity index (χ1) is 7.74. The van der Waals surface area contributed by atoms with Gasteiger partial charge in [-0.2, -0.15) is 0 Å². The first-order valence-corrected chi connectivity index (χ1v) is 6.82. The lowest BCUT2D eigenvalue weighted by Crippen LogP contribution is -2.44. The highest BCUT2D eigenvalue weighted by Gasteiger charge is 2.48.